The van der Waals surface area contributed by atoms with Crippen LogP contribution in [0.25, 0.3) is 0 Å². The first-order valence-electron chi connectivity index (χ1n) is 8.08. The molecule has 1 saturated carbocycles. The van der Waals surface area contributed by atoms with Crippen LogP contribution in [0, 0.1) is 6.92 Å². The molecule has 2 aromatic rings. The fourth-order valence-electron chi connectivity index (χ4n) is 2.03. The Morgan fingerprint density at radius 2 is 1.64 bits per heavy atom. The maximum atomic E-state index is 8.03. The highest BCUT2D eigenvalue weighted by Crippen LogP contribution is 2.39. The molecule has 0 spiro atoms. The van der Waals surface area contributed by atoms with E-state index >= 15 is 0 Å². The zero-order chi connectivity index (χ0) is 18.2. The van der Waals surface area contributed by atoms with Crippen molar-refractivity contribution in [2.45, 2.75) is 39.5 Å². The molecule has 1 aliphatic carbocycles. The molecule has 3 N–H and O–H groups in total. The molecule has 0 radical (unpaired) electrons. The number of aromatic nitrogens is 2. The number of hydrogen-bond acceptors (Lipinski definition) is 7. The molecule has 1 aromatic heterocycles. The smallest absolute Gasteiger partial charge is 0.227 e. The Labute approximate surface area is 147 Å². The minimum absolute atomic E-state index is 0.313. The number of hydrogen-bond donors (Lipinski definition) is 3. The first-order valence-corrected chi connectivity index (χ1v) is 8.08. The molecule has 0 atom stereocenters. The Morgan fingerprint density at radius 1 is 1.04 bits per heavy atom. The lowest BCUT2D eigenvalue weighted by atomic mass is 10.2. The third-order valence-electron chi connectivity index (χ3n) is 3.72. The monoisotopic (exact) mass is 341 g/mol. The summed E-state index contributed by atoms with van der Waals surface area (Å²) in [6, 6.07) is 12.1. The van der Waals surface area contributed by atoms with Crippen LogP contribution in [0.2, 0.25) is 0 Å². The average Bonchev–Trinajstić information content (AvgIpc) is 3.46. The molecule has 0 unspecified atom stereocenters. The quantitative estimate of drug-likeness (QED) is 0.441. The number of nitrogens with one attached hydrogen (secondary N) is 1. The SMILES string of the molecule is CC(=N/O)/C(C)=N\O.Cc1cc(C2CC2)nc(Nc2ccccc2)n1. The standard InChI is InChI=1S/C14H15N3.C4H8N2O2/c1-10-9-13(11-7-8-11)17-14(15-10)16-12-5-3-2-4-6-12;1-3(5-7)4(2)6-8/h2-6,9,11H,7-8H2,1H3,(H,15,16,17);7-8H,1-2H3/b;5-3-,6-4-. The zero-order valence-electron chi connectivity index (χ0n) is 14.6. The molecule has 7 heteroatoms. The van der Waals surface area contributed by atoms with Gasteiger partial charge in [0.15, 0.2) is 0 Å². The Balaban J connectivity index is 0.000000242. The summed E-state index contributed by atoms with van der Waals surface area (Å²) >= 11 is 0. The van der Waals surface area contributed by atoms with Crippen molar-refractivity contribution in [3.63, 3.8) is 0 Å². The second-order valence-corrected chi connectivity index (χ2v) is 5.89. The summed E-state index contributed by atoms with van der Waals surface area (Å²) in [5.41, 5.74) is 3.86. The largest absolute Gasteiger partial charge is 0.411 e. The lowest BCUT2D eigenvalue weighted by Gasteiger charge is -2.07. The summed E-state index contributed by atoms with van der Waals surface area (Å²) in [5, 5.41) is 24.9. The number of aryl methyl sites for hydroxylation is 1. The van der Waals surface area contributed by atoms with Crippen LogP contribution in [0.1, 0.15) is 44.0 Å². The van der Waals surface area contributed by atoms with Gasteiger partial charge in [-0.25, -0.2) is 9.97 Å². The van der Waals surface area contributed by atoms with Gasteiger partial charge in [0.25, 0.3) is 0 Å². The van der Waals surface area contributed by atoms with Crippen molar-refractivity contribution in [1.82, 2.24) is 9.97 Å². The lowest BCUT2D eigenvalue weighted by molar-refractivity contribution is 0.313. The molecule has 1 aliphatic rings. The number of anilines is 2. The van der Waals surface area contributed by atoms with E-state index in [9.17, 15) is 0 Å². The van der Waals surface area contributed by atoms with Crippen LogP contribution in [0.15, 0.2) is 46.7 Å². The molecular formula is C18H23N5O2. The van der Waals surface area contributed by atoms with Gasteiger partial charge < -0.3 is 15.7 Å². The Hall–Kier alpha value is -2.96. The van der Waals surface area contributed by atoms with Crippen LogP contribution in [-0.2, 0) is 0 Å². The molecule has 1 aromatic carbocycles. The number of benzene rings is 1. The summed E-state index contributed by atoms with van der Waals surface area (Å²) < 4.78 is 0. The van der Waals surface area contributed by atoms with Crippen LogP contribution >= 0.6 is 0 Å². The molecule has 3 rings (SSSR count). The molecule has 0 aliphatic heterocycles. The van der Waals surface area contributed by atoms with Crippen LogP contribution in [0.4, 0.5) is 11.6 Å². The normalized spacial score (nSPS) is 14.5. The second kappa shape index (κ2) is 8.77. The fraction of sp³-hybridized carbons (Fsp3) is 0.333. The number of oxime groups is 2. The molecule has 1 heterocycles. The van der Waals surface area contributed by atoms with E-state index in [0.29, 0.717) is 23.3 Å². The van der Waals surface area contributed by atoms with E-state index in [1.54, 1.807) is 0 Å². The third kappa shape index (κ3) is 5.87. The highest BCUT2D eigenvalue weighted by molar-refractivity contribution is 6.40. The van der Waals surface area contributed by atoms with Crippen molar-refractivity contribution in [3.8, 4) is 0 Å². The van der Waals surface area contributed by atoms with Crippen molar-refractivity contribution >= 4 is 23.1 Å². The van der Waals surface area contributed by atoms with Crippen LogP contribution in [0.5, 0.6) is 0 Å². The van der Waals surface area contributed by atoms with E-state index in [-0.39, 0.29) is 0 Å². The van der Waals surface area contributed by atoms with Gasteiger partial charge in [0.2, 0.25) is 5.95 Å². The number of nitrogens with zero attached hydrogens (tertiary/aromatic N) is 4. The topological polar surface area (TPSA) is 103 Å². The van der Waals surface area contributed by atoms with Crippen molar-refractivity contribution in [1.29, 1.82) is 0 Å². The van der Waals surface area contributed by atoms with Crippen molar-refractivity contribution in [3.05, 3.63) is 47.8 Å². The van der Waals surface area contributed by atoms with Gasteiger partial charge in [-0.3, -0.25) is 0 Å². The Bertz CT molecular complexity index is 739. The highest BCUT2D eigenvalue weighted by atomic mass is 16.4. The van der Waals surface area contributed by atoms with Gasteiger partial charge in [0, 0.05) is 23.0 Å². The molecule has 7 nitrogen and oxygen atoms in total. The second-order valence-electron chi connectivity index (χ2n) is 5.89. The summed E-state index contributed by atoms with van der Waals surface area (Å²) in [5.74, 6) is 1.37. The van der Waals surface area contributed by atoms with Crippen molar-refractivity contribution < 1.29 is 10.4 Å². The van der Waals surface area contributed by atoms with Crippen molar-refractivity contribution in [2.24, 2.45) is 10.3 Å². The first-order chi connectivity index (χ1) is 12.0. The molecule has 0 saturated heterocycles. The minimum atomic E-state index is 0.313. The number of rotatable bonds is 4. The van der Waals surface area contributed by atoms with Gasteiger partial charge in [-0.05, 0) is 51.8 Å². The van der Waals surface area contributed by atoms with E-state index in [4.69, 9.17) is 10.4 Å². The summed E-state index contributed by atoms with van der Waals surface area (Å²) in [6.45, 7) is 5.09. The highest BCUT2D eigenvalue weighted by Gasteiger charge is 2.25. The summed E-state index contributed by atoms with van der Waals surface area (Å²) in [4.78, 5) is 8.99. The predicted molar refractivity (Wildman–Crippen MR) is 98.3 cm³/mol. The van der Waals surface area contributed by atoms with Gasteiger partial charge in [-0.1, -0.05) is 28.5 Å². The Morgan fingerprint density at radius 3 is 2.16 bits per heavy atom. The maximum absolute atomic E-state index is 8.03. The van der Waals surface area contributed by atoms with E-state index < -0.39 is 0 Å². The first kappa shape index (κ1) is 18.4. The van der Waals surface area contributed by atoms with Crippen LogP contribution in [0.3, 0.4) is 0 Å². The van der Waals surface area contributed by atoms with Gasteiger partial charge in [-0.15, -0.1) is 0 Å². The third-order valence-corrected chi connectivity index (χ3v) is 3.72. The molecule has 0 bridgehead atoms. The Kier molecular flexibility index (Phi) is 6.45. The van der Waals surface area contributed by atoms with Crippen LogP contribution < -0.4 is 5.32 Å². The minimum Gasteiger partial charge on any atom is -0.411 e. The fourth-order valence-corrected chi connectivity index (χ4v) is 2.03. The van der Waals surface area contributed by atoms with E-state index in [1.807, 2.05) is 37.3 Å². The van der Waals surface area contributed by atoms with E-state index in [0.717, 1.165) is 11.4 Å². The zero-order valence-corrected chi connectivity index (χ0v) is 14.6. The summed E-state index contributed by atoms with van der Waals surface area (Å²) in [7, 11) is 0. The average molecular weight is 341 g/mol. The maximum Gasteiger partial charge on any atom is 0.227 e. The van der Waals surface area contributed by atoms with E-state index in [1.165, 1.54) is 32.4 Å². The summed E-state index contributed by atoms with van der Waals surface area (Å²) in [6.07, 6.45) is 2.53. The molecular weight excluding hydrogens is 318 g/mol. The van der Waals surface area contributed by atoms with Gasteiger partial charge in [0.05, 0.1) is 0 Å². The lowest BCUT2D eigenvalue weighted by Crippen LogP contribution is -2.04. The molecule has 0 amide bonds. The van der Waals surface area contributed by atoms with Gasteiger partial charge in [-0.2, -0.15) is 0 Å². The van der Waals surface area contributed by atoms with Crippen molar-refractivity contribution in [2.75, 3.05) is 5.32 Å². The van der Waals surface area contributed by atoms with Gasteiger partial charge in [0.1, 0.15) is 11.4 Å². The number of para-hydroxylation sites is 1. The van der Waals surface area contributed by atoms with E-state index in [2.05, 4.69) is 31.7 Å². The molecule has 132 valence electrons. The molecule has 1 fully saturated rings. The van der Waals surface area contributed by atoms with Gasteiger partial charge >= 0.3 is 0 Å². The van der Waals surface area contributed by atoms with Crippen LogP contribution in [-0.4, -0.2) is 31.8 Å². The predicted octanol–water partition coefficient (Wildman–Crippen LogP) is 4.09. The molecule has 25 heavy (non-hydrogen) atoms.